The summed E-state index contributed by atoms with van der Waals surface area (Å²) in [5, 5.41) is 5.46. The van der Waals surface area contributed by atoms with Gasteiger partial charge in [-0.15, -0.1) is 11.3 Å². The molecule has 4 nitrogen and oxygen atoms in total. The second-order valence-corrected chi connectivity index (χ2v) is 7.82. The van der Waals surface area contributed by atoms with E-state index in [1.807, 2.05) is 6.07 Å². The van der Waals surface area contributed by atoms with Gasteiger partial charge in [0.25, 0.3) is 11.8 Å². The van der Waals surface area contributed by atoms with Crippen molar-refractivity contribution < 1.29 is 9.59 Å². The first kappa shape index (κ1) is 15.7. The van der Waals surface area contributed by atoms with Crippen LogP contribution in [0, 0.1) is 5.41 Å². The maximum absolute atomic E-state index is 12.4. The third-order valence-corrected chi connectivity index (χ3v) is 5.24. The molecule has 0 saturated carbocycles. The summed E-state index contributed by atoms with van der Waals surface area (Å²) in [6.07, 6.45) is 2.08. The predicted octanol–water partition coefficient (Wildman–Crippen LogP) is 3.48. The Balaban J connectivity index is 1.70. The molecule has 0 spiro atoms. The Bertz CT molecular complexity index is 734. The van der Waals surface area contributed by atoms with Crippen LogP contribution in [0.5, 0.6) is 0 Å². The third kappa shape index (κ3) is 3.29. The molecule has 1 aromatic carbocycles. The van der Waals surface area contributed by atoms with Crippen molar-refractivity contribution in [3.63, 3.8) is 0 Å². The number of amides is 2. The van der Waals surface area contributed by atoms with E-state index in [2.05, 4.69) is 24.5 Å². The number of benzene rings is 1. The zero-order chi connectivity index (χ0) is 16.6. The second kappa shape index (κ2) is 5.81. The summed E-state index contributed by atoms with van der Waals surface area (Å²) in [6.45, 7) is 4.51. The maximum atomic E-state index is 12.4. The Kier molecular flexibility index (Phi) is 3.98. The van der Waals surface area contributed by atoms with Crippen molar-refractivity contribution in [3.05, 3.63) is 51.2 Å². The first-order valence-corrected chi connectivity index (χ1v) is 8.45. The molecule has 5 heteroatoms. The zero-order valence-electron chi connectivity index (χ0n) is 13.5. The summed E-state index contributed by atoms with van der Waals surface area (Å²) in [4.78, 5) is 26.0. The van der Waals surface area contributed by atoms with Gasteiger partial charge in [-0.05, 0) is 54.2 Å². The van der Waals surface area contributed by atoms with Crippen LogP contribution < -0.4 is 10.6 Å². The lowest BCUT2D eigenvalue weighted by atomic mass is 9.91. The highest BCUT2D eigenvalue weighted by molar-refractivity contribution is 7.14. The summed E-state index contributed by atoms with van der Waals surface area (Å²) >= 11 is 1.59. The Morgan fingerprint density at radius 2 is 1.78 bits per heavy atom. The van der Waals surface area contributed by atoms with Gasteiger partial charge >= 0.3 is 0 Å². The van der Waals surface area contributed by atoms with Crippen molar-refractivity contribution in [3.8, 4) is 0 Å². The molecule has 0 atom stereocenters. The smallest absolute Gasteiger partial charge is 0.265 e. The van der Waals surface area contributed by atoms with Crippen molar-refractivity contribution in [1.82, 2.24) is 5.32 Å². The van der Waals surface area contributed by atoms with Crippen LogP contribution >= 0.6 is 11.3 Å². The van der Waals surface area contributed by atoms with Crippen LogP contribution in [0.1, 0.15) is 44.3 Å². The van der Waals surface area contributed by atoms with Crippen molar-refractivity contribution in [2.45, 2.75) is 26.7 Å². The molecule has 1 aliphatic carbocycles. The second-order valence-electron chi connectivity index (χ2n) is 6.69. The summed E-state index contributed by atoms with van der Waals surface area (Å²) in [6, 6.07) is 8.90. The fourth-order valence-electron chi connectivity index (χ4n) is 2.93. The Hall–Kier alpha value is -2.14. The normalized spacial score (nSPS) is 15.1. The number of carbonyl (C=O) groups excluding carboxylic acids is 2. The fraction of sp³-hybridized carbons (Fsp3) is 0.333. The highest BCUT2D eigenvalue weighted by Crippen LogP contribution is 2.40. The molecular formula is C18H20N2O2S. The van der Waals surface area contributed by atoms with E-state index in [1.54, 1.807) is 42.6 Å². The molecule has 2 amide bonds. The maximum Gasteiger partial charge on any atom is 0.265 e. The monoisotopic (exact) mass is 328 g/mol. The lowest BCUT2D eigenvalue weighted by molar-refractivity contribution is 0.0962. The molecule has 3 rings (SSSR count). The van der Waals surface area contributed by atoms with Gasteiger partial charge in [-0.25, -0.2) is 0 Å². The molecule has 0 radical (unpaired) electrons. The number of rotatable bonds is 3. The van der Waals surface area contributed by atoms with Gasteiger partial charge in [0.2, 0.25) is 0 Å². The molecule has 2 aromatic rings. The SMILES string of the molecule is CNC(=O)c1ccc(NC(=O)c2cc3c(s2)CC(C)(C)C3)cc1. The largest absolute Gasteiger partial charge is 0.355 e. The number of nitrogens with one attached hydrogen (secondary N) is 2. The number of hydrogen-bond acceptors (Lipinski definition) is 3. The van der Waals surface area contributed by atoms with Crippen molar-refractivity contribution >= 4 is 28.8 Å². The highest BCUT2D eigenvalue weighted by atomic mass is 32.1. The molecule has 1 heterocycles. The first-order chi connectivity index (χ1) is 10.9. The summed E-state index contributed by atoms with van der Waals surface area (Å²) < 4.78 is 0. The van der Waals surface area contributed by atoms with Crippen LogP contribution in [0.2, 0.25) is 0 Å². The van der Waals surface area contributed by atoms with Crippen LogP contribution in [-0.2, 0) is 12.8 Å². The molecule has 2 N–H and O–H groups in total. The average Bonchev–Trinajstić information content (AvgIpc) is 3.00. The van der Waals surface area contributed by atoms with Gasteiger partial charge in [-0.3, -0.25) is 9.59 Å². The molecule has 23 heavy (non-hydrogen) atoms. The molecule has 120 valence electrons. The van der Waals surface area contributed by atoms with Gasteiger partial charge in [0.15, 0.2) is 0 Å². The van der Waals surface area contributed by atoms with E-state index in [0.29, 0.717) is 16.7 Å². The van der Waals surface area contributed by atoms with Crippen LogP contribution in [0.3, 0.4) is 0 Å². The van der Waals surface area contributed by atoms with Crippen molar-refractivity contribution in [1.29, 1.82) is 0 Å². The third-order valence-electron chi connectivity index (χ3n) is 4.06. The Labute approximate surface area is 139 Å². The lowest BCUT2D eigenvalue weighted by Crippen LogP contribution is -2.17. The van der Waals surface area contributed by atoms with E-state index >= 15 is 0 Å². The van der Waals surface area contributed by atoms with Gasteiger partial charge in [-0.2, -0.15) is 0 Å². The summed E-state index contributed by atoms with van der Waals surface area (Å²) in [5.41, 5.74) is 2.88. The number of thiophene rings is 1. The van der Waals surface area contributed by atoms with Crippen LogP contribution in [0.4, 0.5) is 5.69 Å². The molecule has 0 aliphatic heterocycles. The van der Waals surface area contributed by atoms with Gasteiger partial charge < -0.3 is 10.6 Å². The van der Waals surface area contributed by atoms with E-state index in [1.165, 1.54) is 10.4 Å². The van der Waals surface area contributed by atoms with Crippen molar-refractivity contribution in [2.24, 2.45) is 5.41 Å². The number of fused-ring (bicyclic) bond motifs is 1. The minimum absolute atomic E-state index is 0.0881. The lowest BCUT2D eigenvalue weighted by Gasteiger charge is -2.15. The average molecular weight is 328 g/mol. The predicted molar refractivity (Wildman–Crippen MR) is 93.3 cm³/mol. The van der Waals surface area contributed by atoms with E-state index in [0.717, 1.165) is 17.7 Å². The number of hydrogen-bond donors (Lipinski definition) is 2. The van der Waals surface area contributed by atoms with Gasteiger partial charge in [0.05, 0.1) is 4.88 Å². The molecule has 0 unspecified atom stereocenters. The van der Waals surface area contributed by atoms with Crippen LogP contribution in [0.25, 0.3) is 0 Å². The van der Waals surface area contributed by atoms with Crippen LogP contribution in [0.15, 0.2) is 30.3 Å². The van der Waals surface area contributed by atoms with Crippen LogP contribution in [-0.4, -0.2) is 18.9 Å². The minimum Gasteiger partial charge on any atom is -0.355 e. The first-order valence-electron chi connectivity index (χ1n) is 7.63. The summed E-state index contributed by atoms with van der Waals surface area (Å²) in [5.74, 6) is -0.227. The minimum atomic E-state index is -0.139. The zero-order valence-corrected chi connectivity index (χ0v) is 14.3. The highest BCUT2D eigenvalue weighted by Gasteiger charge is 2.31. The molecule has 1 aliphatic rings. The van der Waals surface area contributed by atoms with E-state index in [-0.39, 0.29) is 11.8 Å². The fourth-order valence-corrected chi connectivity index (χ4v) is 4.27. The van der Waals surface area contributed by atoms with E-state index in [4.69, 9.17) is 0 Å². The Morgan fingerprint density at radius 3 is 2.39 bits per heavy atom. The van der Waals surface area contributed by atoms with Gasteiger partial charge in [0.1, 0.15) is 0 Å². The van der Waals surface area contributed by atoms with Gasteiger partial charge in [0, 0.05) is 23.2 Å². The molecule has 0 bridgehead atoms. The summed E-state index contributed by atoms with van der Waals surface area (Å²) in [7, 11) is 1.59. The van der Waals surface area contributed by atoms with Crippen molar-refractivity contribution in [2.75, 3.05) is 12.4 Å². The Morgan fingerprint density at radius 1 is 1.09 bits per heavy atom. The number of anilines is 1. The molecular weight excluding hydrogens is 308 g/mol. The van der Waals surface area contributed by atoms with E-state index < -0.39 is 0 Å². The van der Waals surface area contributed by atoms with E-state index in [9.17, 15) is 9.59 Å². The quantitative estimate of drug-likeness (QED) is 0.906. The topological polar surface area (TPSA) is 58.2 Å². The van der Waals surface area contributed by atoms with Gasteiger partial charge in [-0.1, -0.05) is 13.8 Å². The molecule has 1 aromatic heterocycles. The molecule has 0 saturated heterocycles. The molecule has 0 fully saturated rings. The number of carbonyl (C=O) groups is 2. The standard InChI is InChI=1S/C18H20N2O2S/c1-18(2)9-12-8-14(23-15(12)10-18)17(22)20-13-6-4-11(5-7-13)16(21)19-3/h4-8H,9-10H2,1-3H3,(H,19,21)(H,20,22).